The van der Waals surface area contributed by atoms with Crippen molar-refractivity contribution in [3.05, 3.63) is 0 Å². The molecule has 1 saturated carbocycles. The Morgan fingerprint density at radius 2 is 2.33 bits per heavy atom. The van der Waals surface area contributed by atoms with E-state index in [-0.39, 0.29) is 0 Å². The zero-order chi connectivity index (χ0) is 8.60. The zero-order valence-corrected chi connectivity index (χ0v) is 8.61. The van der Waals surface area contributed by atoms with Gasteiger partial charge in [-0.1, -0.05) is 0 Å². The maximum Gasteiger partial charge on any atom is 0.0251 e. The monoisotopic (exact) mass is 187 g/mol. The number of likely N-dealkylation sites (tertiary alicyclic amines) is 1. The summed E-state index contributed by atoms with van der Waals surface area (Å²) in [5.41, 5.74) is 0.675. The number of hydrogen-bond acceptors (Lipinski definition) is 1. The molecule has 2 fully saturated rings. The van der Waals surface area contributed by atoms with E-state index in [1.165, 1.54) is 38.8 Å². The van der Waals surface area contributed by atoms with Crippen molar-refractivity contribution in [3.63, 3.8) is 0 Å². The Morgan fingerprint density at radius 1 is 1.50 bits per heavy atom. The van der Waals surface area contributed by atoms with Crippen LogP contribution in [0.3, 0.4) is 0 Å². The Morgan fingerprint density at radius 3 is 2.83 bits per heavy atom. The van der Waals surface area contributed by atoms with Crippen molar-refractivity contribution in [1.29, 1.82) is 0 Å². The van der Waals surface area contributed by atoms with Crippen LogP contribution in [0, 0.1) is 11.3 Å². The summed E-state index contributed by atoms with van der Waals surface area (Å²) in [6, 6.07) is 0. The number of alkyl halides is 1. The first kappa shape index (κ1) is 8.83. The van der Waals surface area contributed by atoms with Crippen molar-refractivity contribution in [1.82, 2.24) is 4.90 Å². The molecule has 0 aromatic heterocycles. The maximum absolute atomic E-state index is 5.89. The van der Waals surface area contributed by atoms with Crippen molar-refractivity contribution in [2.75, 3.05) is 26.0 Å². The van der Waals surface area contributed by atoms with E-state index < -0.39 is 0 Å². The number of hydrogen-bond donors (Lipinski definition) is 0. The molecule has 0 aromatic rings. The van der Waals surface area contributed by atoms with Gasteiger partial charge in [-0.3, -0.25) is 0 Å². The third-order valence-corrected chi connectivity index (χ3v) is 4.09. The summed E-state index contributed by atoms with van der Waals surface area (Å²) >= 11 is 5.89. The average molecular weight is 188 g/mol. The van der Waals surface area contributed by atoms with Gasteiger partial charge in [-0.15, -0.1) is 11.6 Å². The van der Waals surface area contributed by atoms with Crippen molar-refractivity contribution >= 4 is 11.6 Å². The van der Waals surface area contributed by atoms with Crippen LogP contribution in [0.15, 0.2) is 0 Å². The van der Waals surface area contributed by atoms with Crippen molar-refractivity contribution in [2.24, 2.45) is 11.3 Å². The standard InChI is InChI=1S/C10H18ClN/c1-12-5-4-10(8-12)3-2-9(6-10)7-11/h9H,2-8H2,1H3/t9-,10+/m0/s1. The lowest BCUT2D eigenvalue weighted by Crippen LogP contribution is -2.22. The van der Waals surface area contributed by atoms with Gasteiger partial charge in [0.1, 0.15) is 0 Å². The molecule has 0 bridgehead atoms. The lowest BCUT2D eigenvalue weighted by Gasteiger charge is -2.22. The van der Waals surface area contributed by atoms with Crippen LogP contribution in [0.25, 0.3) is 0 Å². The highest BCUT2D eigenvalue weighted by Crippen LogP contribution is 2.47. The van der Waals surface area contributed by atoms with Crippen LogP contribution in [-0.2, 0) is 0 Å². The Hall–Kier alpha value is 0.250. The van der Waals surface area contributed by atoms with Crippen molar-refractivity contribution < 1.29 is 0 Å². The summed E-state index contributed by atoms with van der Waals surface area (Å²) in [5, 5.41) is 0. The highest BCUT2D eigenvalue weighted by atomic mass is 35.5. The van der Waals surface area contributed by atoms with Gasteiger partial charge in [-0.2, -0.15) is 0 Å². The fourth-order valence-corrected chi connectivity index (χ4v) is 3.25. The molecule has 2 aliphatic rings. The van der Waals surface area contributed by atoms with Crippen LogP contribution in [0.1, 0.15) is 25.7 Å². The van der Waals surface area contributed by atoms with Gasteiger partial charge in [0.05, 0.1) is 0 Å². The van der Waals surface area contributed by atoms with Gasteiger partial charge in [-0.25, -0.2) is 0 Å². The van der Waals surface area contributed by atoms with E-state index in [4.69, 9.17) is 11.6 Å². The fourth-order valence-electron chi connectivity index (χ4n) is 2.99. The molecule has 0 amide bonds. The van der Waals surface area contributed by atoms with Gasteiger partial charge < -0.3 is 4.90 Å². The third kappa shape index (κ3) is 1.49. The van der Waals surface area contributed by atoms with Crippen LogP contribution < -0.4 is 0 Å². The molecule has 2 rings (SSSR count). The Kier molecular flexibility index (Phi) is 2.35. The molecule has 0 aromatic carbocycles. The number of halogens is 1. The summed E-state index contributed by atoms with van der Waals surface area (Å²) in [4.78, 5) is 2.47. The zero-order valence-electron chi connectivity index (χ0n) is 7.85. The molecule has 1 aliphatic heterocycles. The van der Waals surface area contributed by atoms with E-state index in [1.807, 2.05) is 0 Å². The smallest absolute Gasteiger partial charge is 0.0251 e. The molecule has 2 atom stereocenters. The predicted octanol–water partition coefficient (Wildman–Crippen LogP) is 2.35. The molecule has 1 saturated heterocycles. The molecule has 70 valence electrons. The summed E-state index contributed by atoms with van der Waals surface area (Å²) in [6.07, 6.45) is 5.60. The minimum absolute atomic E-state index is 0.675. The highest BCUT2D eigenvalue weighted by Gasteiger charge is 2.42. The Balaban J connectivity index is 1.97. The SMILES string of the molecule is CN1CC[C@@]2(CC[C@H](CCl)C2)C1. The second kappa shape index (κ2) is 3.19. The summed E-state index contributed by atoms with van der Waals surface area (Å²) < 4.78 is 0. The van der Waals surface area contributed by atoms with E-state index in [0.29, 0.717) is 5.41 Å². The molecular formula is C10H18ClN. The van der Waals surface area contributed by atoms with Gasteiger partial charge >= 0.3 is 0 Å². The topological polar surface area (TPSA) is 3.24 Å². The highest BCUT2D eigenvalue weighted by molar-refractivity contribution is 6.18. The minimum Gasteiger partial charge on any atom is -0.306 e. The van der Waals surface area contributed by atoms with E-state index in [2.05, 4.69) is 11.9 Å². The molecule has 0 unspecified atom stereocenters. The molecule has 12 heavy (non-hydrogen) atoms. The van der Waals surface area contributed by atoms with Crippen LogP contribution >= 0.6 is 11.6 Å². The van der Waals surface area contributed by atoms with E-state index in [1.54, 1.807) is 0 Å². The molecule has 1 aliphatic carbocycles. The summed E-state index contributed by atoms with van der Waals surface area (Å²) in [5.74, 6) is 1.70. The number of nitrogens with zero attached hydrogens (tertiary/aromatic N) is 1. The maximum atomic E-state index is 5.89. The van der Waals surface area contributed by atoms with Crippen LogP contribution in [0.4, 0.5) is 0 Å². The van der Waals surface area contributed by atoms with Crippen molar-refractivity contribution in [3.8, 4) is 0 Å². The second-order valence-electron chi connectivity index (χ2n) is 4.75. The first-order chi connectivity index (χ1) is 5.74. The van der Waals surface area contributed by atoms with Crippen LogP contribution in [0.5, 0.6) is 0 Å². The second-order valence-corrected chi connectivity index (χ2v) is 5.06. The minimum atomic E-state index is 0.675. The van der Waals surface area contributed by atoms with Gasteiger partial charge in [-0.05, 0) is 50.6 Å². The largest absolute Gasteiger partial charge is 0.306 e. The molecule has 1 spiro atoms. The van der Waals surface area contributed by atoms with Crippen LogP contribution in [0.2, 0.25) is 0 Å². The lowest BCUT2D eigenvalue weighted by atomic mass is 9.85. The van der Waals surface area contributed by atoms with Gasteiger partial charge in [0.25, 0.3) is 0 Å². The molecule has 0 radical (unpaired) electrons. The molecule has 2 heteroatoms. The summed E-state index contributed by atoms with van der Waals surface area (Å²) in [6.45, 7) is 2.62. The van der Waals surface area contributed by atoms with E-state index in [9.17, 15) is 0 Å². The van der Waals surface area contributed by atoms with Crippen LogP contribution in [-0.4, -0.2) is 30.9 Å². The quantitative estimate of drug-likeness (QED) is 0.570. The molecular weight excluding hydrogens is 170 g/mol. The third-order valence-electron chi connectivity index (χ3n) is 3.65. The number of rotatable bonds is 1. The molecule has 1 heterocycles. The van der Waals surface area contributed by atoms with Crippen molar-refractivity contribution in [2.45, 2.75) is 25.7 Å². The van der Waals surface area contributed by atoms with E-state index >= 15 is 0 Å². The van der Waals surface area contributed by atoms with Gasteiger partial charge in [0.15, 0.2) is 0 Å². The first-order valence-corrected chi connectivity index (χ1v) is 5.52. The summed E-state index contributed by atoms with van der Waals surface area (Å²) in [7, 11) is 2.24. The Bertz CT molecular complexity index is 171. The predicted molar refractivity (Wildman–Crippen MR) is 52.6 cm³/mol. The lowest BCUT2D eigenvalue weighted by molar-refractivity contribution is 0.282. The fraction of sp³-hybridized carbons (Fsp3) is 1.00. The first-order valence-electron chi connectivity index (χ1n) is 4.99. The molecule has 1 nitrogen and oxygen atoms in total. The molecule has 0 N–H and O–H groups in total. The van der Waals surface area contributed by atoms with E-state index in [0.717, 1.165) is 11.8 Å². The van der Waals surface area contributed by atoms with Gasteiger partial charge in [0, 0.05) is 12.4 Å². The normalized spacial score (nSPS) is 43.0. The average Bonchev–Trinajstić information content (AvgIpc) is 2.61. The van der Waals surface area contributed by atoms with Gasteiger partial charge in [0.2, 0.25) is 0 Å². The Labute approximate surface area is 80.1 Å².